The lowest BCUT2D eigenvalue weighted by Gasteiger charge is -2.21. The van der Waals surface area contributed by atoms with Gasteiger partial charge in [-0.25, -0.2) is 0 Å². The molecule has 0 aliphatic heterocycles. The second kappa shape index (κ2) is 8.93. The molecule has 4 heteroatoms. The number of pyridine rings is 1. The van der Waals surface area contributed by atoms with E-state index in [2.05, 4.69) is 54.1 Å². The maximum Gasteiger partial charge on any atom is 0.0558 e. The molecule has 118 valence electrons. The van der Waals surface area contributed by atoms with Crippen LogP contribution in [-0.2, 0) is 13.1 Å². The zero-order valence-corrected chi connectivity index (χ0v) is 14.1. The molecule has 3 nitrogen and oxygen atoms in total. The molecule has 22 heavy (non-hydrogen) atoms. The molecule has 0 aliphatic carbocycles. The maximum absolute atomic E-state index is 9.28. The van der Waals surface area contributed by atoms with Crippen molar-refractivity contribution in [1.29, 1.82) is 0 Å². The lowest BCUT2D eigenvalue weighted by molar-refractivity contribution is 0.184. The number of hydrogen-bond acceptors (Lipinski definition) is 4. The summed E-state index contributed by atoms with van der Waals surface area (Å²) in [5, 5.41) is 9.87. The van der Waals surface area contributed by atoms with Crippen molar-refractivity contribution >= 4 is 11.8 Å². The smallest absolute Gasteiger partial charge is 0.0558 e. The number of rotatable bonds is 8. The molecular formula is C18H24N2OS. The van der Waals surface area contributed by atoms with Crippen LogP contribution in [0.3, 0.4) is 0 Å². The minimum Gasteiger partial charge on any atom is -0.395 e. The Morgan fingerprint density at radius 3 is 2.41 bits per heavy atom. The second-order valence-corrected chi connectivity index (χ2v) is 7.26. The molecule has 0 amide bonds. The Morgan fingerprint density at radius 2 is 1.82 bits per heavy atom. The summed E-state index contributed by atoms with van der Waals surface area (Å²) < 4.78 is 0. The van der Waals surface area contributed by atoms with Gasteiger partial charge in [-0.05, 0) is 29.3 Å². The predicted octanol–water partition coefficient (Wildman–Crippen LogP) is 3.58. The van der Waals surface area contributed by atoms with E-state index in [-0.39, 0.29) is 6.61 Å². The summed E-state index contributed by atoms with van der Waals surface area (Å²) in [5.74, 6) is 0. The predicted molar refractivity (Wildman–Crippen MR) is 92.9 cm³/mol. The highest BCUT2D eigenvalue weighted by Gasteiger charge is 2.07. The molecule has 0 aliphatic rings. The molecule has 0 fully saturated rings. The van der Waals surface area contributed by atoms with Gasteiger partial charge in [0.05, 0.1) is 6.61 Å². The minimum atomic E-state index is 0.168. The molecule has 1 aromatic heterocycles. The summed E-state index contributed by atoms with van der Waals surface area (Å²) in [4.78, 5) is 7.70. The van der Waals surface area contributed by atoms with Crippen molar-refractivity contribution in [3.63, 3.8) is 0 Å². The standard InChI is InChI=1S/C18H24N2OS/c1-15(2)22-18-7-5-16(6-8-18)13-20(10-11-21)14-17-4-3-9-19-12-17/h3-9,12,15,21H,10-11,13-14H2,1-2H3. The van der Waals surface area contributed by atoms with Gasteiger partial charge in [0.15, 0.2) is 0 Å². The van der Waals surface area contributed by atoms with Crippen LogP contribution in [0.1, 0.15) is 25.0 Å². The van der Waals surface area contributed by atoms with E-state index in [0.29, 0.717) is 11.8 Å². The fourth-order valence-electron chi connectivity index (χ4n) is 2.31. The highest BCUT2D eigenvalue weighted by Crippen LogP contribution is 2.23. The van der Waals surface area contributed by atoms with Crippen LogP contribution in [0.15, 0.2) is 53.7 Å². The van der Waals surface area contributed by atoms with Gasteiger partial charge < -0.3 is 5.11 Å². The van der Waals surface area contributed by atoms with Crippen LogP contribution in [-0.4, -0.2) is 33.4 Å². The highest BCUT2D eigenvalue weighted by atomic mass is 32.2. The van der Waals surface area contributed by atoms with E-state index in [9.17, 15) is 5.11 Å². The zero-order valence-electron chi connectivity index (χ0n) is 13.3. The lowest BCUT2D eigenvalue weighted by Crippen LogP contribution is -2.26. The molecule has 1 aromatic carbocycles. The first-order chi connectivity index (χ1) is 10.7. The van der Waals surface area contributed by atoms with Crippen LogP contribution >= 0.6 is 11.8 Å². The largest absolute Gasteiger partial charge is 0.395 e. The summed E-state index contributed by atoms with van der Waals surface area (Å²) >= 11 is 1.88. The number of aliphatic hydroxyl groups is 1. The molecule has 0 atom stereocenters. The van der Waals surface area contributed by atoms with Crippen LogP contribution in [0.25, 0.3) is 0 Å². The summed E-state index contributed by atoms with van der Waals surface area (Å²) in [7, 11) is 0. The van der Waals surface area contributed by atoms with E-state index >= 15 is 0 Å². The van der Waals surface area contributed by atoms with Gasteiger partial charge in [0.1, 0.15) is 0 Å². The Morgan fingerprint density at radius 1 is 1.09 bits per heavy atom. The average molecular weight is 316 g/mol. The third-order valence-electron chi connectivity index (χ3n) is 3.25. The second-order valence-electron chi connectivity index (χ2n) is 5.61. The van der Waals surface area contributed by atoms with Crippen LogP contribution in [0, 0.1) is 0 Å². The molecule has 1 heterocycles. The van der Waals surface area contributed by atoms with Gasteiger partial charge >= 0.3 is 0 Å². The van der Waals surface area contributed by atoms with Crippen molar-refractivity contribution in [2.45, 2.75) is 37.1 Å². The molecule has 1 N–H and O–H groups in total. The van der Waals surface area contributed by atoms with Gasteiger partial charge in [-0.3, -0.25) is 9.88 Å². The zero-order chi connectivity index (χ0) is 15.8. The summed E-state index contributed by atoms with van der Waals surface area (Å²) in [5.41, 5.74) is 2.44. The van der Waals surface area contributed by atoms with Crippen molar-refractivity contribution in [2.24, 2.45) is 0 Å². The van der Waals surface area contributed by atoms with E-state index in [1.165, 1.54) is 16.0 Å². The Balaban J connectivity index is 1.98. The van der Waals surface area contributed by atoms with Crippen LogP contribution < -0.4 is 0 Å². The highest BCUT2D eigenvalue weighted by molar-refractivity contribution is 7.99. The molecule has 0 spiro atoms. The topological polar surface area (TPSA) is 36.4 Å². The summed E-state index contributed by atoms with van der Waals surface area (Å²) in [6.07, 6.45) is 3.66. The lowest BCUT2D eigenvalue weighted by atomic mass is 10.2. The molecule has 0 saturated heterocycles. The molecule has 0 saturated carbocycles. The number of hydrogen-bond donors (Lipinski definition) is 1. The first-order valence-corrected chi connectivity index (χ1v) is 8.53. The van der Waals surface area contributed by atoms with Crippen molar-refractivity contribution < 1.29 is 5.11 Å². The van der Waals surface area contributed by atoms with Crippen molar-refractivity contribution in [3.8, 4) is 0 Å². The molecular weight excluding hydrogens is 292 g/mol. The Hall–Kier alpha value is -1.36. The van der Waals surface area contributed by atoms with Gasteiger partial charge in [0.2, 0.25) is 0 Å². The number of benzene rings is 1. The average Bonchev–Trinajstić information content (AvgIpc) is 2.50. The first kappa shape index (κ1) is 17.0. The molecule has 0 bridgehead atoms. The van der Waals surface area contributed by atoms with Crippen molar-refractivity contribution in [1.82, 2.24) is 9.88 Å². The van der Waals surface area contributed by atoms with Crippen LogP contribution in [0.2, 0.25) is 0 Å². The van der Waals surface area contributed by atoms with E-state index in [4.69, 9.17) is 0 Å². The van der Waals surface area contributed by atoms with Crippen LogP contribution in [0.4, 0.5) is 0 Å². The number of aromatic nitrogens is 1. The molecule has 2 aromatic rings. The third-order valence-corrected chi connectivity index (χ3v) is 4.26. The summed E-state index contributed by atoms with van der Waals surface area (Å²) in [6.45, 7) is 6.88. The monoisotopic (exact) mass is 316 g/mol. The maximum atomic E-state index is 9.28. The third kappa shape index (κ3) is 5.79. The van der Waals surface area contributed by atoms with Crippen molar-refractivity contribution in [2.75, 3.05) is 13.2 Å². The molecule has 0 radical (unpaired) electrons. The Labute approximate surface area is 137 Å². The Bertz CT molecular complexity index is 543. The van der Waals surface area contributed by atoms with Gasteiger partial charge in [-0.1, -0.05) is 32.0 Å². The number of thioether (sulfide) groups is 1. The van der Waals surface area contributed by atoms with E-state index in [1.807, 2.05) is 24.0 Å². The minimum absolute atomic E-state index is 0.168. The number of nitrogens with zero attached hydrogens (tertiary/aromatic N) is 2. The normalized spacial score (nSPS) is 11.3. The van der Waals surface area contributed by atoms with Gasteiger partial charge in [-0.15, -0.1) is 11.8 Å². The first-order valence-electron chi connectivity index (χ1n) is 7.65. The summed E-state index contributed by atoms with van der Waals surface area (Å²) in [6, 6.07) is 12.7. The van der Waals surface area contributed by atoms with E-state index in [1.54, 1.807) is 6.20 Å². The quantitative estimate of drug-likeness (QED) is 0.755. The van der Waals surface area contributed by atoms with Gasteiger partial charge in [0.25, 0.3) is 0 Å². The van der Waals surface area contributed by atoms with E-state index < -0.39 is 0 Å². The van der Waals surface area contributed by atoms with Gasteiger partial charge in [0, 0.05) is 42.2 Å². The fourth-order valence-corrected chi connectivity index (χ4v) is 3.15. The fraction of sp³-hybridized carbons (Fsp3) is 0.389. The number of aliphatic hydroxyl groups excluding tert-OH is 1. The molecule has 0 unspecified atom stereocenters. The van der Waals surface area contributed by atoms with Gasteiger partial charge in [-0.2, -0.15) is 0 Å². The SMILES string of the molecule is CC(C)Sc1ccc(CN(CCO)Cc2cccnc2)cc1. The van der Waals surface area contributed by atoms with Crippen molar-refractivity contribution in [3.05, 3.63) is 59.9 Å². The Kier molecular flexibility index (Phi) is 6.90. The van der Waals surface area contributed by atoms with Crippen LogP contribution in [0.5, 0.6) is 0 Å². The molecule has 2 rings (SSSR count). The van der Waals surface area contributed by atoms with E-state index in [0.717, 1.165) is 13.1 Å².